The summed E-state index contributed by atoms with van der Waals surface area (Å²) in [6, 6.07) is 0. The Balaban J connectivity index is 2.57. The summed E-state index contributed by atoms with van der Waals surface area (Å²) in [5.74, 6) is 0.347. The number of hydrogen-bond acceptors (Lipinski definition) is 2. The number of carbonyl (C=O) groups excluding carboxylic acids is 1. The summed E-state index contributed by atoms with van der Waals surface area (Å²) in [6.45, 7) is 1.63. The van der Waals surface area contributed by atoms with Crippen molar-refractivity contribution in [3.63, 3.8) is 0 Å². The summed E-state index contributed by atoms with van der Waals surface area (Å²) in [4.78, 5) is 10.9. The zero-order chi connectivity index (χ0) is 8.27. The van der Waals surface area contributed by atoms with Crippen molar-refractivity contribution in [2.45, 2.75) is 13.3 Å². The molecule has 0 radical (unpaired) electrons. The van der Waals surface area contributed by atoms with Gasteiger partial charge in [0.1, 0.15) is 5.78 Å². The van der Waals surface area contributed by atoms with Crippen LogP contribution in [0.3, 0.4) is 0 Å². The molecule has 0 fully saturated rings. The van der Waals surface area contributed by atoms with Crippen molar-refractivity contribution in [2.75, 3.05) is 7.05 Å². The minimum absolute atomic E-state index is 0.104. The second-order valence-corrected chi connectivity index (χ2v) is 2.72. The molecule has 0 bridgehead atoms. The quantitative estimate of drug-likeness (QED) is 0.643. The highest BCUT2D eigenvalue weighted by molar-refractivity contribution is 5.80. The third kappa shape index (κ3) is 1.93. The van der Waals surface area contributed by atoms with E-state index in [0.29, 0.717) is 0 Å². The first-order chi connectivity index (χ1) is 5.24. The molecule has 1 rings (SSSR count). The van der Waals surface area contributed by atoms with Gasteiger partial charge in [-0.25, -0.2) is 0 Å². The number of likely N-dealkylation sites (N-methyl/N-ethyl adjacent to an activating group) is 1. The maximum Gasteiger partial charge on any atom is 0.136 e. The van der Waals surface area contributed by atoms with Crippen LogP contribution in [0.4, 0.5) is 0 Å². The first kappa shape index (κ1) is 8.05. The van der Waals surface area contributed by atoms with Gasteiger partial charge in [-0.15, -0.1) is 0 Å². The van der Waals surface area contributed by atoms with Crippen molar-refractivity contribution in [2.24, 2.45) is 5.92 Å². The fraction of sp³-hybridized carbons (Fsp3) is 0.444. The van der Waals surface area contributed by atoms with E-state index >= 15 is 0 Å². The first-order valence-electron chi connectivity index (χ1n) is 3.80. The highest BCUT2D eigenvalue weighted by Gasteiger charge is 2.11. The fourth-order valence-corrected chi connectivity index (χ4v) is 1.11. The summed E-state index contributed by atoms with van der Waals surface area (Å²) in [5.41, 5.74) is 1.10. The molecule has 1 aliphatic rings. The smallest absolute Gasteiger partial charge is 0.136 e. The number of rotatable bonds is 2. The van der Waals surface area contributed by atoms with Gasteiger partial charge in [0.05, 0.1) is 0 Å². The maximum atomic E-state index is 10.9. The standard InChI is InChI=1S/C9H13NO/c1-7(11)8-3-5-9(10-2)6-4-8/h3,5-6,8,10H,4H2,1-2H3. The Morgan fingerprint density at radius 1 is 1.73 bits per heavy atom. The van der Waals surface area contributed by atoms with Crippen molar-refractivity contribution in [1.29, 1.82) is 0 Å². The summed E-state index contributed by atoms with van der Waals surface area (Å²) in [7, 11) is 1.88. The minimum atomic E-state index is 0.104. The topological polar surface area (TPSA) is 29.1 Å². The number of Topliss-reactive ketones (excluding diaryl/α,β-unsaturated/α-hetero) is 1. The fourth-order valence-electron chi connectivity index (χ4n) is 1.11. The van der Waals surface area contributed by atoms with Gasteiger partial charge < -0.3 is 5.32 Å². The molecule has 2 nitrogen and oxygen atoms in total. The molecule has 0 aliphatic heterocycles. The Kier molecular flexibility index (Phi) is 2.47. The van der Waals surface area contributed by atoms with Crippen LogP contribution in [0, 0.1) is 5.92 Å². The van der Waals surface area contributed by atoms with Crippen molar-refractivity contribution in [3.05, 3.63) is 23.9 Å². The molecule has 11 heavy (non-hydrogen) atoms. The second kappa shape index (κ2) is 3.37. The third-order valence-electron chi connectivity index (χ3n) is 1.91. The number of nitrogens with one attached hydrogen (secondary N) is 1. The molecule has 1 aliphatic carbocycles. The van der Waals surface area contributed by atoms with Crippen molar-refractivity contribution >= 4 is 5.78 Å². The lowest BCUT2D eigenvalue weighted by molar-refractivity contribution is -0.119. The van der Waals surface area contributed by atoms with Gasteiger partial charge in [-0.1, -0.05) is 12.2 Å². The van der Waals surface area contributed by atoms with E-state index in [4.69, 9.17) is 0 Å². The van der Waals surface area contributed by atoms with Crippen LogP contribution in [-0.4, -0.2) is 12.8 Å². The molecule has 2 heteroatoms. The SMILES string of the molecule is CNC1=CCC(C(C)=O)C=C1. The van der Waals surface area contributed by atoms with Crippen LogP contribution >= 0.6 is 0 Å². The molecule has 0 saturated carbocycles. The molecule has 1 atom stereocenters. The van der Waals surface area contributed by atoms with E-state index in [-0.39, 0.29) is 11.7 Å². The highest BCUT2D eigenvalue weighted by atomic mass is 16.1. The molecule has 1 N–H and O–H groups in total. The number of ketones is 1. The molecule has 0 aromatic carbocycles. The number of carbonyl (C=O) groups is 1. The van der Waals surface area contributed by atoms with E-state index in [9.17, 15) is 4.79 Å². The van der Waals surface area contributed by atoms with Crippen LogP contribution in [0.2, 0.25) is 0 Å². The zero-order valence-electron chi connectivity index (χ0n) is 6.92. The Hall–Kier alpha value is -1.05. The van der Waals surface area contributed by atoms with Crippen molar-refractivity contribution < 1.29 is 4.79 Å². The Morgan fingerprint density at radius 3 is 2.82 bits per heavy atom. The molecule has 0 spiro atoms. The number of hydrogen-bond donors (Lipinski definition) is 1. The molecule has 0 aromatic heterocycles. The van der Waals surface area contributed by atoms with E-state index in [0.717, 1.165) is 12.1 Å². The summed E-state index contributed by atoms with van der Waals surface area (Å²) in [5, 5.41) is 3.03. The van der Waals surface area contributed by atoms with Crippen LogP contribution in [0.25, 0.3) is 0 Å². The normalized spacial score (nSPS) is 22.7. The Labute approximate surface area is 67.0 Å². The molecule has 0 aromatic rings. The summed E-state index contributed by atoms with van der Waals surface area (Å²) < 4.78 is 0. The molecular weight excluding hydrogens is 138 g/mol. The van der Waals surface area contributed by atoms with Crippen LogP contribution in [-0.2, 0) is 4.79 Å². The molecule has 1 unspecified atom stereocenters. The van der Waals surface area contributed by atoms with Gasteiger partial charge >= 0.3 is 0 Å². The van der Waals surface area contributed by atoms with Crippen molar-refractivity contribution in [3.8, 4) is 0 Å². The lowest BCUT2D eigenvalue weighted by Crippen LogP contribution is -2.13. The predicted molar refractivity (Wildman–Crippen MR) is 45.1 cm³/mol. The van der Waals surface area contributed by atoms with Crippen molar-refractivity contribution in [1.82, 2.24) is 5.32 Å². The predicted octanol–water partition coefficient (Wildman–Crippen LogP) is 1.25. The van der Waals surface area contributed by atoms with Gasteiger partial charge in [0.2, 0.25) is 0 Å². The van der Waals surface area contributed by atoms with E-state index in [1.54, 1.807) is 6.92 Å². The van der Waals surface area contributed by atoms with Crippen LogP contribution in [0.5, 0.6) is 0 Å². The van der Waals surface area contributed by atoms with E-state index < -0.39 is 0 Å². The first-order valence-corrected chi connectivity index (χ1v) is 3.80. The monoisotopic (exact) mass is 151 g/mol. The van der Waals surface area contributed by atoms with Gasteiger partial charge in [-0.2, -0.15) is 0 Å². The van der Waals surface area contributed by atoms with Crippen LogP contribution in [0.15, 0.2) is 23.9 Å². The molecule has 0 amide bonds. The third-order valence-corrected chi connectivity index (χ3v) is 1.91. The average Bonchev–Trinajstić information content (AvgIpc) is 2.05. The Bertz CT molecular complexity index is 216. The number of allylic oxidation sites excluding steroid dienone is 3. The maximum absolute atomic E-state index is 10.9. The van der Waals surface area contributed by atoms with Gasteiger partial charge in [0.15, 0.2) is 0 Å². The van der Waals surface area contributed by atoms with E-state index in [2.05, 4.69) is 5.32 Å². The minimum Gasteiger partial charge on any atom is -0.388 e. The van der Waals surface area contributed by atoms with E-state index in [1.807, 2.05) is 25.3 Å². The highest BCUT2D eigenvalue weighted by Crippen LogP contribution is 2.14. The van der Waals surface area contributed by atoms with Gasteiger partial charge in [-0.05, 0) is 19.4 Å². The van der Waals surface area contributed by atoms with Gasteiger partial charge in [0.25, 0.3) is 0 Å². The second-order valence-electron chi connectivity index (χ2n) is 2.72. The molecule has 60 valence electrons. The lowest BCUT2D eigenvalue weighted by Gasteiger charge is -2.12. The largest absolute Gasteiger partial charge is 0.388 e. The van der Waals surface area contributed by atoms with Gasteiger partial charge in [-0.3, -0.25) is 4.79 Å². The Morgan fingerprint density at radius 2 is 2.45 bits per heavy atom. The summed E-state index contributed by atoms with van der Waals surface area (Å²) >= 11 is 0. The van der Waals surface area contributed by atoms with Crippen LogP contribution in [0.1, 0.15) is 13.3 Å². The van der Waals surface area contributed by atoms with Crippen LogP contribution < -0.4 is 5.32 Å². The van der Waals surface area contributed by atoms with Gasteiger partial charge in [0, 0.05) is 18.7 Å². The van der Waals surface area contributed by atoms with E-state index in [1.165, 1.54) is 0 Å². The summed E-state index contributed by atoms with van der Waals surface area (Å²) in [6.07, 6.45) is 6.79. The zero-order valence-corrected chi connectivity index (χ0v) is 6.92. The molecule has 0 saturated heterocycles. The lowest BCUT2D eigenvalue weighted by atomic mass is 9.96. The molecular formula is C9H13NO. The average molecular weight is 151 g/mol. The molecule has 0 heterocycles.